The summed E-state index contributed by atoms with van der Waals surface area (Å²) in [6, 6.07) is 10.2. The number of hydrogen-bond acceptors (Lipinski definition) is 3. The lowest BCUT2D eigenvalue weighted by atomic mass is 9.93. The van der Waals surface area contributed by atoms with Crippen LogP contribution in [0.2, 0.25) is 0 Å². The molecule has 0 unspecified atom stereocenters. The maximum Gasteiger partial charge on any atom is 0.0991 e. The number of benzene rings is 1. The van der Waals surface area contributed by atoms with E-state index in [4.69, 9.17) is 5.26 Å². The Morgan fingerprint density at radius 3 is 2.84 bits per heavy atom. The summed E-state index contributed by atoms with van der Waals surface area (Å²) in [5.41, 5.74) is 2.02. The number of piperidine rings is 1. The summed E-state index contributed by atoms with van der Waals surface area (Å²) >= 11 is 0. The summed E-state index contributed by atoms with van der Waals surface area (Å²) in [6.07, 6.45) is 3.91. The zero-order valence-corrected chi connectivity index (χ0v) is 11.7. The van der Waals surface area contributed by atoms with Crippen molar-refractivity contribution < 1.29 is 0 Å². The lowest BCUT2D eigenvalue weighted by molar-refractivity contribution is 0.172. The zero-order valence-electron chi connectivity index (χ0n) is 11.7. The summed E-state index contributed by atoms with van der Waals surface area (Å²) in [7, 11) is 2.03. The number of hydrogen-bond donors (Lipinski definition) is 1. The molecule has 0 spiro atoms. The van der Waals surface area contributed by atoms with Crippen LogP contribution < -0.4 is 5.32 Å². The molecule has 0 bridgehead atoms. The van der Waals surface area contributed by atoms with Gasteiger partial charge in [-0.05, 0) is 69.6 Å². The van der Waals surface area contributed by atoms with Crippen molar-refractivity contribution >= 4 is 0 Å². The first-order valence-corrected chi connectivity index (χ1v) is 7.18. The first-order chi connectivity index (χ1) is 9.31. The van der Waals surface area contributed by atoms with Crippen molar-refractivity contribution in [2.24, 2.45) is 5.92 Å². The van der Waals surface area contributed by atoms with Crippen LogP contribution in [0.15, 0.2) is 24.3 Å². The zero-order chi connectivity index (χ0) is 13.5. The quantitative estimate of drug-likeness (QED) is 0.880. The summed E-state index contributed by atoms with van der Waals surface area (Å²) in [6.45, 7) is 4.49. The predicted octanol–water partition coefficient (Wildman–Crippen LogP) is 2.38. The smallest absolute Gasteiger partial charge is 0.0991 e. The van der Waals surface area contributed by atoms with E-state index in [9.17, 15) is 0 Å². The van der Waals surface area contributed by atoms with Gasteiger partial charge in [0.1, 0.15) is 0 Å². The fourth-order valence-corrected chi connectivity index (χ4v) is 2.78. The highest BCUT2D eigenvalue weighted by molar-refractivity contribution is 5.32. The Balaban J connectivity index is 1.80. The van der Waals surface area contributed by atoms with Gasteiger partial charge < -0.3 is 5.32 Å². The Kier molecular flexibility index (Phi) is 5.38. The lowest BCUT2D eigenvalue weighted by Crippen LogP contribution is -2.34. The minimum Gasteiger partial charge on any atom is -0.320 e. The largest absolute Gasteiger partial charge is 0.320 e. The van der Waals surface area contributed by atoms with Gasteiger partial charge in [0, 0.05) is 6.54 Å². The van der Waals surface area contributed by atoms with Gasteiger partial charge in [-0.2, -0.15) is 5.26 Å². The van der Waals surface area contributed by atoms with Crippen LogP contribution in [0.25, 0.3) is 0 Å². The van der Waals surface area contributed by atoms with E-state index in [1.165, 1.54) is 37.9 Å². The highest BCUT2D eigenvalue weighted by Crippen LogP contribution is 2.21. The molecule has 2 rings (SSSR count). The molecule has 1 aromatic carbocycles. The fourth-order valence-electron chi connectivity index (χ4n) is 2.78. The molecule has 0 atom stereocenters. The minimum atomic E-state index is 0.765. The molecule has 0 amide bonds. The molecule has 0 aliphatic carbocycles. The lowest BCUT2D eigenvalue weighted by Gasteiger charge is -2.32. The van der Waals surface area contributed by atoms with Crippen molar-refractivity contribution in [3.8, 4) is 6.07 Å². The van der Waals surface area contributed by atoms with Gasteiger partial charge in [-0.3, -0.25) is 4.90 Å². The highest BCUT2D eigenvalue weighted by atomic mass is 15.1. The van der Waals surface area contributed by atoms with E-state index in [0.717, 1.165) is 24.6 Å². The highest BCUT2D eigenvalue weighted by Gasteiger charge is 2.18. The molecule has 3 heteroatoms. The van der Waals surface area contributed by atoms with Crippen molar-refractivity contribution in [2.45, 2.75) is 25.8 Å². The van der Waals surface area contributed by atoms with Gasteiger partial charge in [-0.25, -0.2) is 0 Å². The van der Waals surface area contributed by atoms with E-state index in [1.807, 2.05) is 25.2 Å². The average Bonchev–Trinajstić information content (AvgIpc) is 2.47. The van der Waals surface area contributed by atoms with Crippen LogP contribution in [-0.4, -0.2) is 31.6 Å². The van der Waals surface area contributed by atoms with E-state index in [2.05, 4.69) is 22.4 Å². The summed E-state index contributed by atoms with van der Waals surface area (Å²) in [4.78, 5) is 2.51. The van der Waals surface area contributed by atoms with Crippen molar-refractivity contribution in [2.75, 3.05) is 26.7 Å². The molecule has 1 N–H and O–H groups in total. The first kappa shape index (κ1) is 14.0. The molecular formula is C16H23N3. The monoisotopic (exact) mass is 257 g/mol. The number of rotatable bonds is 5. The number of likely N-dealkylation sites (tertiary alicyclic amines) is 1. The topological polar surface area (TPSA) is 39.1 Å². The Morgan fingerprint density at radius 1 is 1.37 bits per heavy atom. The van der Waals surface area contributed by atoms with E-state index in [-0.39, 0.29) is 0 Å². The van der Waals surface area contributed by atoms with Crippen molar-refractivity contribution in [3.63, 3.8) is 0 Å². The second-order valence-corrected chi connectivity index (χ2v) is 5.42. The number of nitriles is 1. The molecule has 1 aliphatic rings. The Labute approximate surface area is 116 Å². The molecule has 3 nitrogen and oxygen atoms in total. The van der Waals surface area contributed by atoms with Crippen molar-refractivity contribution in [1.82, 2.24) is 10.2 Å². The Morgan fingerprint density at radius 2 is 2.16 bits per heavy atom. The molecule has 0 saturated carbocycles. The molecule has 1 heterocycles. The number of nitrogens with zero attached hydrogens (tertiary/aromatic N) is 2. The number of nitrogens with one attached hydrogen (secondary N) is 1. The molecular weight excluding hydrogens is 234 g/mol. The fraction of sp³-hybridized carbons (Fsp3) is 0.562. The maximum atomic E-state index is 8.92. The Bertz CT molecular complexity index is 428. The second kappa shape index (κ2) is 7.28. The van der Waals surface area contributed by atoms with Crippen LogP contribution in [0.1, 0.15) is 30.4 Å². The van der Waals surface area contributed by atoms with E-state index >= 15 is 0 Å². The van der Waals surface area contributed by atoms with Gasteiger partial charge in [0.15, 0.2) is 0 Å². The van der Waals surface area contributed by atoms with Gasteiger partial charge >= 0.3 is 0 Å². The van der Waals surface area contributed by atoms with Gasteiger partial charge in [0.2, 0.25) is 0 Å². The van der Waals surface area contributed by atoms with Crippen LogP contribution in [0, 0.1) is 17.2 Å². The van der Waals surface area contributed by atoms with Crippen LogP contribution in [0.5, 0.6) is 0 Å². The van der Waals surface area contributed by atoms with E-state index in [0.29, 0.717) is 0 Å². The van der Waals surface area contributed by atoms with E-state index in [1.54, 1.807) is 0 Å². The average molecular weight is 257 g/mol. The maximum absolute atomic E-state index is 8.92. The Hall–Kier alpha value is -1.37. The normalized spacial score (nSPS) is 17.3. The van der Waals surface area contributed by atoms with Crippen LogP contribution in [-0.2, 0) is 6.54 Å². The molecule has 1 fully saturated rings. The third-order valence-electron chi connectivity index (χ3n) is 3.97. The molecule has 1 saturated heterocycles. The third kappa shape index (κ3) is 4.34. The molecule has 0 radical (unpaired) electrons. The summed E-state index contributed by atoms with van der Waals surface area (Å²) < 4.78 is 0. The minimum absolute atomic E-state index is 0.765. The van der Waals surface area contributed by atoms with Crippen LogP contribution >= 0.6 is 0 Å². The standard InChI is InChI=1S/C16H23N3/c1-18-8-5-14-6-9-19(10-7-14)13-16-4-2-3-15(11-16)12-17/h2-4,11,14,18H,5-10,13H2,1H3. The third-order valence-corrected chi connectivity index (χ3v) is 3.97. The molecule has 19 heavy (non-hydrogen) atoms. The van der Waals surface area contributed by atoms with Gasteiger partial charge in [0.05, 0.1) is 11.6 Å². The van der Waals surface area contributed by atoms with Gasteiger partial charge in [-0.1, -0.05) is 12.1 Å². The van der Waals surface area contributed by atoms with Crippen LogP contribution in [0.4, 0.5) is 0 Å². The van der Waals surface area contributed by atoms with E-state index < -0.39 is 0 Å². The van der Waals surface area contributed by atoms with Gasteiger partial charge in [-0.15, -0.1) is 0 Å². The molecule has 1 aliphatic heterocycles. The predicted molar refractivity (Wildman–Crippen MR) is 77.7 cm³/mol. The first-order valence-electron chi connectivity index (χ1n) is 7.18. The second-order valence-electron chi connectivity index (χ2n) is 5.42. The summed E-state index contributed by atoms with van der Waals surface area (Å²) in [5.74, 6) is 0.883. The van der Waals surface area contributed by atoms with Gasteiger partial charge in [0.25, 0.3) is 0 Å². The molecule has 1 aromatic rings. The van der Waals surface area contributed by atoms with Crippen molar-refractivity contribution in [3.05, 3.63) is 35.4 Å². The van der Waals surface area contributed by atoms with Crippen molar-refractivity contribution in [1.29, 1.82) is 5.26 Å². The van der Waals surface area contributed by atoms with Crippen LogP contribution in [0.3, 0.4) is 0 Å². The molecule has 102 valence electrons. The molecule has 0 aromatic heterocycles. The summed E-state index contributed by atoms with van der Waals surface area (Å²) in [5, 5.41) is 12.2. The SMILES string of the molecule is CNCCC1CCN(Cc2cccc(C#N)c2)CC1.